The molecule has 94 valence electrons. The van der Waals surface area contributed by atoms with Gasteiger partial charge in [0.25, 0.3) is 5.69 Å². The van der Waals surface area contributed by atoms with Gasteiger partial charge >= 0.3 is 0 Å². The van der Waals surface area contributed by atoms with Crippen molar-refractivity contribution in [3.63, 3.8) is 0 Å². The van der Waals surface area contributed by atoms with Crippen molar-refractivity contribution in [3.05, 3.63) is 57.9 Å². The number of halogens is 2. The first-order valence-electron chi connectivity index (χ1n) is 5.07. The van der Waals surface area contributed by atoms with Crippen molar-refractivity contribution >= 4 is 11.4 Å². The fourth-order valence-corrected chi connectivity index (χ4v) is 1.54. The Hall–Kier alpha value is -2.44. The predicted molar refractivity (Wildman–Crippen MR) is 61.1 cm³/mol. The van der Waals surface area contributed by atoms with Crippen LogP contribution in [0.1, 0.15) is 5.56 Å². The summed E-state index contributed by atoms with van der Waals surface area (Å²) in [4.78, 5) is 12.7. The maximum absolute atomic E-state index is 13.5. The Morgan fingerprint density at radius 3 is 2.78 bits per heavy atom. The van der Waals surface area contributed by atoms with Crippen LogP contribution in [0.15, 0.2) is 30.6 Å². The fourth-order valence-electron chi connectivity index (χ4n) is 1.54. The number of rotatable bonds is 4. The van der Waals surface area contributed by atoms with Crippen LogP contribution < -0.4 is 5.32 Å². The zero-order valence-electron chi connectivity index (χ0n) is 9.11. The van der Waals surface area contributed by atoms with Gasteiger partial charge in [-0.15, -0.1) is 0 Å². The summed E-state index contributed by atoms with van der Waals surface area (Å²) in [6, 6.07) is 3.02. The number of nitro benzene ring substituents is 1. The van der Waals surface area contributed by atoms with Gasteiger partial charge in [0.2, 0.25) is 0 Å². The van der Waals surface area contributed by atoms with Gasteiger partial charge in [0, 0.05) is 25.0 Å². The summed E-state index contributed by atoms with van der Waals surface area (Å²) in [5, 5.41) is 13.3. The van der Waals surface area contributed by atoms with Crippen LogP contribution in [0.4, 0.5) is 20.2 Å². The van der Waals surface area contributed by atoms with Crippen LogP contribution in [0.3, 0.4) is 0 Å². The fraction of sp³-hybridized carbons (Fsp3) is 0.0909. The van der Waals surface area contributed by atoms with Crippen LogP contribution in [0.25, 0.3) is 0 Å². The van der Waals surface area contributed by atoms with Gasteiger partial charge in [-0.25, -0.2) is 8.78 Å². The molecule has 0 radical (unpaired) electrons. The van der Waals surface area contributed by atoms with Crippen molar-refractivity contribution in [2.75, 3.05) is 5.32 Å². The van der Waals surface area contributed by atoms with Crippen molar-refractivity contribution in [1.29, 1.82) is 0 Å². The molecule has 0 aliphatic heterocycles. The number of aromatic amines is 1. The van der Waals surface area contributed by atoms with Gasteiger partial charge in [-0.3, -0.25) is 10.1 Å². The van der Waals surface area contributed by atoms with Gasteiger partial charge in [-0.1, -0.05) is 0 Å². The van der Waals surface area contributed by atoms with E-state index in [1.165, 1.54) is 0 Å². The van der Waals surface area contributed by atoms with Crippen molar-refractivity contribution in [2.24, 2.45) is 0 Å². The first kappa shape index (κ1) is 12.0. The summed E-state index contributed by atoms with van der Waals surface area (Å²) in [5.74, 6) is -1.97. The third-order valence-electron chi connectivity index (χ3n) is 2.36. The van der Waals surface area contributed by atoms with E-state index in [0.29, 0.717) is 12.1 Å². The highest BCUT2D eigenvalue weighted by molar-refractivity contribution is 5.62. The first-order chi connectivity index (χ1) is 8.58. The lowest BCUT2D eigenvalue weighted by atomic mass is 10.2. The Morgan fingerprint density at radius 1 is 1.39 bits per heavy atom. The average Bonchev–Trinajstić information content (AvgIpc) is 2.79. The summed E-state index contributed by atoms with van der Waals surface area (Å²) >= 11 is 0. The molecule has 18 heavy (non-hydrogen) atoms. The maximum atomic E-state index is 13.5. The van der Waals surface area contributed by atoms with E-state index >= 15 is 0 Å². The number of nitrogens with one attached hydrogen (secondary N) is 2. The molecule has 1 heterocycles. The van der Waals surface area contributed by atoms with Crippen molar-refractivity contribution in [1.82, 2.24) is 4.98 Å². The Morgan fingerprint density at radius 2 is 2.17 bits per heavy atom. The van der Waals surface area contributed by atoms with Gasteiger partial charge in [0.1, 0.15) is 11.5 Å². The molecule has 0 saturated heterocycles. The van der Waals surface area contributed by atoms with E-state index in [-0.39, 0.29) is 12.2 Å². The van der Waals surface area contributed by atoms with E-state index < -0.39 is 22.2 Å². The van der Waals surface area contributed by atoms with Crippen LogP contribution in [-0.4, -0.2) is 9.91 Å². The standard InChI is InChI=1S/C11H9F2N3O2/c12-8-3-9(13)11(10(4-8)16(17)18)15-6-7-1-2-14-5-7/h1-5,14-15H,6H2. The number of nitro groups is 1. The lowest BCUT2D eigenvalue weighted by Crippen LogP contribution is -2.05. The van der Waals surface area contributed by atoms with Crippen molar-refractivity contribution < 1.29 is 13.7 Å². The molecule has 0 fully saturated rings. The van der Waals surface area contributed by atoms with Crippen LogP contribution in [0.5, 0.6) is 0 Å². The molecule has 1 aromatic heterocycles. The van der Waals surface area contributed by atoms with E-state index in [9.17, 15) is 18.9 Å². The lowest BCUT2D eigenvalue weighted by Gasteiger charge is -2.07. The average molecular weight is 253 g/mol. The molecule has 0 atom stereocenters. The number of hydrogen-bond acceptors (Lipinski definition) is 3. The van der Waals surface area contributed by atoms with E-state index in [1.807, 2.05) is 0 Å². The minimum absolute atomic E-state index is 0.201. The second-order valence-electron chi connectivity index (χ2n) is 3.61. The topological polar surface area (TPSA) is 71.0 Å². The molecular formula is C11H9F2N3O2. The molecule has 0 unspecified atom stereocenters. The van der Waals surface area contributed by atoms with Gasteiger partial charge in [-0.05, 0) is 11.6 Å². The quantitative estimate of drug-likeness (QED) is 0.650. The summed E-state index contributed by atoms with van der Waals surface area (Å²) in [6.45, 7) is 0.201. The summed E-state index contributed by atoms with van der Waals surface area (Å²) in [6.07, 6.45) is 3.34. The zero-order valence-corrected chi connectivity index (χ0v) is 9.11. The summed E-state index contributed by atoms with van der Waals surface area (Å²) in [5.41, 5.74) is -0.140. The predicted octanol–water partition coefficient (Wildman–Crippen LogP) is 2.81. The smallest absolute Gasteiger partial charge is 0.298 e. The van der Waals surface area contributed by atoms with E-state index in [1.54, 1.807) is 18.5 Å². The normalized spacial score (nSPS) is 10.3. The van der Waals surface area contributed by atoms with Crippen LogP contribution >= 0.6 is 0 Å². The number of hydrogen-bond donors (Lipinski definition) is 2. The highest BCUT2D eigenvalue weighted by atomic mass is 19.1. The Bertz CT molecular complexity index is 570. The molecule has 0 saturated carbocycles. The molecule has 0 bridgehead atoms. The third kappa shape index (κ3) is 2.45. The van der Waals surface area contributed by atoms with E-state index in [0.717, 1.165) is 5.56 Å². The highest BCUT2D eigenvalue weighted by Crippen LogP contribution is 2.28. The van der Waals surface area contributed by atoms with Gasteiger partial charge in [0.15, 0.2) is 5.82 Å². The number of aromatic nitrogens is 1. The molecular weight excluding hydrogens is 244 g/mol. The van der Waals surface area contributed by atoms with Gasteiger partial charge < -0.3 is 10.3 Å². The second kappa shape index (κ2) is 4.82. The zero-order chi connectivity index (χ0) is 13.1. The highest BCUT2D eigenvalue weighted by Gasteiger charge is 2.20. The maximum Gasteiger partial charge on any atom is 0.298 e. The van der Waals surface area contributed by atoms with Crippen LogP contribution in [0.2, 0.25) is 0 Å². The number of anilines is 1. The molecule has 0 aliphatic rings. The largest absolute Gasteiger partial charge is 0.373 e. The van der Waals surface area contributed by atoms with E-state index in [2.05, 4.69) is 10.3 Å². The molecule has 0 aliphatic carbocycles. The lowest BCUT2D eigenvalue weighted by molar-refractivity contribution is -0.384. The SMILES string of the molecule is O=[N+]([O-])c1cc(F)cc(F)c1NCc1cc[nH]c1. The van der Waals surface area contributed by atoms with Gasteiger partial charge in [-0.2, -0.15) is 0 Å². The van der Waals surface area contributed by atoms with Crippen LogP contribution in [-0.2, 0) is 6.54 Å². The summed E-state index contributed by atoms with van der Waals surface area (Å²) < 4.78 is 26.4. The molecule has 1 aromatic carbocycles. The molecule has 2 N–H and O–H groups in total. The van der Waals surface area contributed by atoms with E-state index in [4.69, 9.17) is 0 Å². The first-order valence-corrected chi connectivity index (χ1v) is 5.07. The second-order valence-corrected chi connectivity index (χ2v) is 3.61. The summed E-state index contributed by atoms with van der Waals surface area (Å²) in [7, 11) is 0. The molecule has 2 aromatic rings. The molecule has 2 rings (SSSR count). The monoisotopic (exact) mass is 253 g/mol. The van der Waals surface area contributed by atoms with Crippen molar-refractivity contribution in [2.45, 2.75) is 6.54 Å². The van der Waals surface area contributed by atoms with Crippen molar-refractivity contribution in [3.8, 4) is 0 Å². The minimum Gasteiger partial charge on any atom is -0.373 e. The Labute approximate surface area is 101 Å². The minimum atomic E-state index is -0.989. The molecule has 7 heteroatoms. The number of benzene rings is 1. The third-order valence-corrected chi connectivity index (χ3v) is 2.36. The van der Waals surface area contributed by atoms with Gasteiger partial charge in [0.05, 0.1) is 11.0 Å². The van der Waals surface area contributed by atoms with Crippen LogP contribution in [0, 0.1) is 21.7 Å². The Kier molecular flexibility index (Phi) is 3.22. The molecule has 0 amide bonds. The number of nitrogens with zero attached hydrogens (tertiary/aromatic N) is 1. The molecule has 0 spiro atoms. The Balaban J connectivity index is 2.28. The molecule has 5 nitrogen and oxygen atoms in total. The number of H-pyrrole nitrogens is 1.